The summed E-state index contributed by atoms with van der Waals surface area (Å²) in [6.07, 6.45) is 5.14. The second-order valence-corrected chi connectivity index (χ2v) is 4.58. The van der Waals surface area contributed by atoms with E-state index in [0.29, 0.717) is 38.1 Å². The van der Waals surface area contributed by atoms with E-state index in [2.05, 4.69) is 6.92 Å². The van der Waals surface area contributed by atoms with E-state index >= 15 is 0 Å². The van der Waals surface area contributed by atoms with Crippen molar-refractivity contribution in [3.63, 3.8) is 0 Å². The molecule has 1 rings (SSSR count). The molecule has 5 nitrogen and oxygen atoms in total. The van der Waals surface area contributed by atoms with E-state index < -0.39 is 5.97 Å². The van der Waals surface area contributed by atoms with Gasteiger partial charge in [0.1, 0.15) is 0 Å². The number of aliphatic carboxylic acids is 1. The van der Waals surface area contributed by atoms with E-state index in [1.165, 1.54) is 0 Å². The molecule has 18 heavy (non-hydrogen) atoms. The lowest BCUT2D eigenvalue weighted by atomic mass is 10.2. The average molecular weight is 258 g/mol. The van der Waals surface area contributed by atoms with Crippen LogP contribution in [0.15, 0.2) is 0 Å². The molecular weight excluding hydrogens is 236 g/mol. The minimum Gasteiger partial charge on any atom is -0.481 e. The Morgan fingerprint density at radius 3 is 2.50 bits per heavy atom. The maximum atomic E-state index is 11.3. The van der Waals surface area contributed by atoms with Gasteiger partial charge in [0.05, 0.1) is 18.8 Å². The number of carboxylic acids is 1. The number of hydrogen-bond donors (Lipinski definition) is 1. The third kappa shape index (κ3) is 6.59. The molecule has 1 N–H and O–H groups in total. The van der Waals surface area contributed by atoms with Crippen LogP contribution in [0.25, 0.3) is 0 Å². The highest BCUT2D eigenvalue weighted by atomic mass is 16.6. The van der Waals surface area contributed by atoms with Gasteiger partial charge < -0.3 is 14.6 Å². The van der Waals surface area contributed by atoms with Crippen molar-refractivity contribution in [2.24, 2.45) is 0 Å². The smallest absolute Gasteiger partial charge is 0.305 e. The standard InChI is InChI=1S/C13H22O5/c1-2-10-11(18-10)6-5-9-17-13(16)8-4-3-7-12(14)15/h10-11H,2-9H2,1H3,(H,14,15). The second-order valence-electron chi connectivity index (χ2n) is 4.58. The number of epoxide rings is 1. The van der Waals surface area contributed by atoms with Gasteiger partial charge in [-0.25, -0.2) is 0 Å². The number of esters is 1. The summed E-state index contributed by atoms with van der Waals surface area (Å²) in [7, 11) is 0. The fourth-order valence-electron chi connectivity index (χ4n) is 1.88. The lowest BCUT2D eigenvalue weighted by Gasteiger charge is -2.03. The molecule has 104 valence electrons. The summed E-state index contributed by atoms with van der Waals surface area (Å²) in [6, 6.07) is 0. The highest BCUT2D eigenvalue weighted by Crippen LogP contribution is 2.28. The Hall–Kier alpha value is -1.10. The number of carbonyl (C=O) groups is 2. The van der Waals surface area contributed by atoms with Crippen LogP contribution in [0, 0.1) is 0 Å². The highest BCUT2D eigenvalue weighted by Gasteiger charge is 2.35. The molecule has 0 saturated carbocycles. The molecule has 0 aromatic carbocycles. The Balaban J connectivity index is 1.86. The van der Waals surface area contributed by atoms with Crippen molar-refractivity contribution in [2.45, 2.75) is 64.1 Å². The maximum Gasteiger partial charge on any atom is 0.305 e. The zero-order valence-corrected chi connectivity index (χ0v) is 10.9. The first kappa shape index (κ1) is 15.0. The number of hydrogen-bond acceptors (Lipinski definition) is 4. The van der Waals surface area contributed by atoms with Crippen LogP contribution in [-0.2, 0) is 19.1 Å². The van der Waals surface area contributed by atoms with Crippen LogP contribution in [0.1, 0.15) is 51.9 Å². The summed E-state index contributed by atoms with van der Waals surface area (Å²) >= 11 is 0. The predicted octanol–water partition coefficient (Wildman–Crippen LogP) is 2.13. The van der Waals surface area contributed by atoms with Crippen LogP contribution < -0.4 is 0 Å². The van der Waals surface area contributed by atoms with Crippen molar-refractivity contribution >= 4 is 11.9 Å². The molecule has 1 fully saturated rings. The first-order valence-electron chi connectivity index (χ1n) is 6.66. The van der Waals surface area contributed by atoms with Crippen LogP contribution in [-0.4, -0.2) is 35.9 Å². The number of carbonyl (C=O) groups excluding carboxylic acids is 1. The fourth-order valence-corrected chi connectivity index (χ4v) is 1.88. The second kappa shape index (κ2) is 8.08. The Morgan fingerprint density at radius 2 is 1.89 bits per heavy atom. The van der Waals surface area contributed by atoms with Crippen molar-refractivity contribution in [3.05, 3.63) is 0 Å². The van der Waals surface area contributed by atoms with E-state index in [0.717, 1.165) is 19.3 Å². The van der Waals surface area contributed by atoms with Crippen molar-refractivity contribution in [2.75, 3.05) is 6.61 Å². The predicted molar refractivity (Wildman–Crippen MR) is 65.2 cm³/mol. The van der Waals surface area contributed by atoms with Crippen LogP contribution in [0.3, 0.4) is 0 Å². The molecule has 0 spiro atoms. The number of unbranched alkanes of at least 4 members (excludes halogenated alkanes) is 1. The van der Waals surface area contributed by atoms with Crippen molar-refractivity contribution in [3.8, 4) is 0 Å². The minimum absolute atomic E-state index is 0.116. The highest BCUT2D eigenvalue weighted by molar-refractivity contribution is 5.69. The molecule has 2 unspecified atom stereocenters. The molecule has 0 aromatic heterocycles. The monoisotopic (exact) mass is 258 g/mol. The van der Waals surface area contributed by atoms with Gasteiger partial charge >= 0.3 is 11.9 Å². The zero-order chi connectivity index (χ0) is 13.4. The van der Waals surface area contributed by atoms with Gasteiger partial charge in [0.25, 0.3) is 0 Å². The van der Waals surface area contributed by atoms with Crippen LogP contribution in [0.5, 0.6) is 0 Å². The summed E-state index contributed by atoms with van der Waals surface area (Å²) in [5.41, 5.74) is 0. The Kier molecular flexibility index (Phi) is 6.72. The number of ether oxygens (including phenoxy) is 2. The molecule has 0 aliphatic carbocycles. The summed E-state index contributed by atoms with van der Waals surface area (Å²) in [5.74, 6) is -1.05. The quantitative estimate of drug-likeness (QED) is 0.369. The zero-order valence-electron chi connectivity index (χ0n) is 10.9. The van der Waals surface area contributed by atoms with E-state index in [1.807, 2.05) is 0 Å². The summed E-state index contributed by atoms with van der Waals surface area (Å²) in [6.45, 7) is 2.54. The lowest BCUT2D eigenvalue weighted by Crippen LogP contribution is -2.07. The third-order valence-electron chi connectivity index (χ3n) is 3.01. The molecule has 2 atom stereocenters. The summed E-state index contributed by atoms with van der Waals surface area (Å²) in [5, 5.41) is 8.42. The Labute approximate surface area is 107 Å². The molecule has 1 aliphatic heterocycles. The fraction of sp³-hybridized carbons (Fsp3) is 0.846. The first-order valence-corrected chi connectivity index (χ1v) is 6.66. The van der Waals surface area contributed by atoms with Crippen molar-refractivity contribution in [1.29, 1.82) is 0 Å². The molecule has 0 radical (unpaired) electrons. The topological polar surface area (TPSA) is 76.1 Å². The van der Waals surface area contributed by atoms with E-state index in [4.69, 9.17) is 14.6 Å². The van der Waals surface area contributed by atoms with E-state index in [1.54, 1.807) is 0 Å². The van der Waals surface area contributed by atoms with Crippen LogP contribution >= 0.6 is 0 Å². The van der Waals surface area contributed by atoms with Gasteiger partial charge in [-0.15, -0.1) is 0 Å². The van der Waals surface area contributed by atoms with Gasteiger partial charge in [-0.2, -0.15) is 0 Å². The molecule has 5 heteroatoms. The molecular formula is C13H22O5. The van der Waals surface area contributed by atoms with Gasteiger partial charge in [-0.3, -0.25) is 9.59 Å². The lowest BCUT2D eigenvalue weighted by molar-refractivity contribution is -0.144. The number of carboxylic acid groups (broad SMARTS) is 1. The summed E-state index contributed by atoms with van der Waals surface area (Å²) < 4.78 is 10.4. The largest absolute Gasteiger partial charge is 0.481 e. The maximum absolute atomic E-state index is 11.3. The molecule has 0 aromatic rings. The van der Waals surface area contributed by atoms with Gasteiger partial charge in [0.2, 0.25) is 0 Å². The SMILES string of the molecule is CCC1OC1CCCOC(=O)CCCCC(=O)O. The van der Waals surface area contributed by atoms with Crippen molar-refractivity contribution in [1.82, 2.24) is 0 Å². The first-order chi connectivity index (χ1) is 8.63. The van der Waals surface area contributed by atoms with Gasteiger partial charge in [-0.05, 0) is 32.1 Å². The Morgan fingerprint density at radius 1 is 1.17 bits per heavy atom. The van der Waals surface area contributed by atoms with Crippen molar-refractivity contribution < 1.29 is 24.2 Å². The third-order valence-corrected chi connectivity index (χ3v) is 3.01. The minimum atomic E-state index is -0.821. The van der Waals surface area contributed by atoms with Gasteiger partial charge in [0.15, 0.2) is 0 Å². The number of rotatable bonds is 10. The van der Waals surface area contributed by atoms with E-state index in [9.17, 15) is 9.59 Å². The van der Waals surface area contributed by atoms with Gasteiger partial charge in [0, 0.05) is 12.8 Å². The van der Waals surface area contributed by atoms with Crippen LogP contribution in [0.4, 0.5) is 0 Å². The molecule has 1 saturated heterocycles. The van der Waals surface area contributed by atoms with E-state index in [-0.39, 0.29) is 12.4 Å². The summed E-state index contributed by atoms with van der Waals surface area (Å²) in [4.78, 5) is 21.5. The van der Waals surface area contributed by atoms with Crippen LogP contribution in [0.2, 0.25) is 0 Å². The molecule has 1 aliphatic rings. The molecule has 0 bridgehead atoms. The normalized spacial score (nSPS) is 21.6. The average Bonchev–Trinajstić information content (AvgIpc) is 3.09. The molecule has 0 amide bonds. The van der Waals surface area contributed by atoms with Gasteiger partial charge in [-0.1, -0.05) is 6.92 Å². The molecule has 1 heterocycles. The Bertz CT molecular complexity index is 277.